The van der Waals surface area contributed by atoms with E-state index in [9.17, 15) is 4.79 Å². The molecule has 0 radical (unpaired) electrons. The van der Waals surface area contributed by atoms with Gasteiger partial charge in [0, 0.05) is 25.4 Å². The van der Waals surface area contributed by atoms with Crippen molar-refractivity contribution < 1.29 is 4.79 Å². The maximum absolute atomic E-state index is 11.5. The fourth-order valence-corrected chi connectivity index (χ4v) is 2.33. The second-order valence-corrected chi connectivity index (χ2v) is 4.56. The molecule has 1 aliphatic heterocycles. The molecule has 6 heteroatoms. The topological polar surface area (TPSA) is 84.1 Å². The Morgan fingerprint density at radius 3 is 3.00 bits per heavy atom. The zero-order chi connectivity index (χ0) is 13.1. The van der Waals surface area contributed by atoms with Gasteiger partial charge in [0.15, 0.2) is 0 Å². The van der Waals surface area contributed by atoms with Crippen LogP contribution in [0.25, 0.3) is 0 Å². The van der Waals surface area contributed by atoms with E-state index in [1.807, 2.05) is 11.8 Å². The highest BCUT2D eigenvalue weighted by Crippen LogP contribution is 2.26. The van der Waals surface area contributed by atoms with Crippen LogP contribution >= 0.6 is 0 Å². The van der Waals surface area contributed by atoms with Gasteiger partial charge in [0.25, 0.3) is 0 Å². The molecule has 1 aromatic heterocycles. The minimum Gasteiger partial charge on any atom is -0.368 e. The predicted octanol–water partition coefficient (Wildman–Crippen LogP) is 0.671. The molecule has 1 aromatic rings. The van der Waals surface area contributed by atoms with Crippen LogP contribution < -0.4 is 16.0 Å². The molecule has 98 valence electrons. The van der Waals surface area contributed by atoms with Crippen molar-refractivity contribution in [3.05, 3.63) is 11.8 Å². The van der Waals surface area contributed by atoms with E-state index in [1.165, 1.54) is 0 Å². The summed E-state index contributed by atoms with van der Waals surface area (Å²) in [6.45, 7) is 2.76. The molecule has 1 saturated heterocycles. The number of carbonyl (C=O) groups is 1. The molecule has 3 N–H and O–H groups in total. The average Bonchev–Trinajstić information content (AvgIpc) is 2.39. The summed E-state index contributed by atoms with van der Waals surface area (Å²) in [6.07, 6.45) is 4.66. The van der Waals surface area contributed by atoms with Crippen LogP contribution in [0.2, 0.25) is 0 Å². The number of anilines is 2. The summed E-state index contributed by atoms with van der Waals surface area (Å²) >= 11 is 0. The number of hydrogen-bond acceptors (Lipinski definition) is 5. The number of aryl methyl sites for hydroxylation is 1. The van der Waals surface area contributed by atoms with Crippen molar-refractivity contribution in [1.82, 2.24) is 9.97 Å². The quantitative estimate of drug-likeness (QED) is 0.822. The van der Waals surface area contributed by atoms with Crippen LogP contribution in [0.4, 0.5) is 11.8 Å². The van der Waals surface area contributed by atoms with Crippen molar-refractivity contribution in [3.8, 4) is 0 Å². The largest absolute Gasteiger partial charge is 0.368 e. The molecule has 0 spiro atoms. The molecular weight excluding hydrogens is 230 g/mol. The van der Waals surface area contributed by atoms with Gasteiger partial charge in [0.05, 0.1) is 0 Å². The van der Waals surface area contributed by atoms with Crippen molar-refractivity contribution in [3.63, 3.8) is 0 Å². The number of nitrogens with two attached hydrogens (primary N) is 1. The van der Waals surface area contributed by atoms with Crippen molar-refractivity contribution in [2.45, 2.75) is 32.2 Å². The van der Waals surface area contributed by atoms with Gasteiger partial charge in [-0.3, -0.25) is 4.79 Å². The molecule has 0 aromatic carbocycles. The van der Waals surface area contributed by atoms with E-state index < -0.39 is 0 Å². The van der Waals surface area contributed by atoms with E-state index in [0.29, 0.717) is 5.95 Å². The van der Waals surface area contributed by atoms with Gasteiger partial charge in [-0.25, -0.2) is 4.98 Å². The maximum Gasteiger partial charge on any atom is 0.240 e. The minimum atomic E-state index is -0.279. The van der Waals surface area contributed by atoms with E-state index >= 15 is 0 Å². The standard InChI is InChI=1S/C12H19N5O/c1-8-7-15-12(14-2)16-11(8)17-6-4-3-5-9(17)10(13)18/h7,9H,3-6H2,1-2H3,(H2,13,18)(H,14,15,16). The molecule has 2 heterocycles. The Morgan fingerprint density at radius 1 is 1.56 bits per heavy atom. The van der Waals surface area contributed by atoms with Gasteiger partial charge in [-0.15, -0.1) is 0 Å². The summed E-state index contributed by atoms with van der Waals surface area (Å²) < 4.78 is 0. The van der Waals surface area contributed by atoms with Crippen LogP contribution in [0.1, 0.15) is 24.8 Å². The summed E-state index contributed by atoms with van der Waals surface area (Å²) in [6, 6.07) is -0.253. The molecule has 2 rings (SSSR count). The zero-order valence-electron chi connectivity index (χ0n) is 10.8. The number of rotatable bonds is 3. The molecule has 0 bridgehead atoms. The fraction of sp³-hybridized carbons (Fsp3) is 0.583. The number of nitrogens with zero attached hydrogens (tertiary/aromatic N) is 3. The minimum absolute atomic E-state index is 0.253. The third-order valence-electron chi connectivity index (χ3n) is 3.27. The Hall–Kier alpha value is -1.85. The lowest BCUT2D eigenvalue weighted by molar-refractivity contribution is -0.119. The van der Waals surface area contributed by atoms with Crippen molar-refractivity contribution in [2.24, 2.45) is 5.73 Å². The lowest BCUT2D eigenvalue weighted by Gasteiger charge is -2.35. The first kappa shape index (κ1) is 12.6. The molecular formula is C12H19N5O. The van der Waals surface area contributed by atoms with Gasteiger partial charge in [0.2, 0.25) is 11.9 Å². The lowest BCUT2D eigenvalue weighted by atomic mass is 10.0. The second-order valence-electron chi connectivity index (χ2n) is 4.56. The highest BCUT2D eigenvalue weighted by Gasteiger charge is 2.29. The molecule has 1 atom stereocenters. The Morgan fingerprint density at radius 2 is 2.33 bits per heavy atom. The number of carbonyl (C=O) groups excluding carboxylic acids is 1. The van der Waals surface area contributed by atoms with E-state index in [0.717, 1.165) is 37.2 Å². The van der Waals surface area contributed by atoms with Gasteiger partial charge in [-0.05, 0) is 26.2 Å². The van der Waals surface area contributed by atoms with E-state index in [1.54, 1.807) is 13.2 Å². The van der Waals surface area contributed by atoms with Crippen molar-refractivity contribution in [2.75, 3.05) is 23.8 Å². The highest BCUT2D eigenvalue weighted by molar-refractivity contribution is 5.83. The van der Waals surface area contributed by atoms with E-state index in [2.05, 4.69) is 15.3 Å². The SMILES string of the molecule is CNc1ncc(C)c(N2CCCCC2C(N)=O)n1. The van der Waals surface area contributed by atoms with E-state index in [4.69, 9.17) is 5.73 Å². The second kappa shape index (κ2) is 5.20. The predicted molar refractivity (Wildman–Crippen MR) is 70.5 cm³/mol. The molecule has 1 unspecified atom stereocenters. The molecule has 1 fully saturated rings. The summed E-state index contributed by atoms with van der Waals surface area (Å²) in [7, 11) is 1.77. The number of piperidine rings is 1. The molecule has 1 amide bonds. The van der Waals surface area contributed by atoms with Crippen molar-refractivity contribution >= 4 is 17.7 Å². The summed E-state index contributed by atoms with van der Waals surface area (Å²) in [5.41, 5.74) is 6.44. The maximum atomic E-state index is 11.5. The summed E-state index contributed by atoms with van der Waals surface area (Å²) in [5.74, 6) is 1.08. The van der Waals surface area contributed by atoms with Gasteiger partial charge in [-0.1, -0.05) is 0 Å². The number of nitrogens with one attached hydrogen (secondary N) is 1. The van der Waals surface area contributed by atoms with Gasteiger partial charge < -0.3 is 16.0 Å². The fourth-order valence-electron chi connectivity index (χ4n) is 2.33. The van der Waals surface area contributed by atoms with Gasteiger partial charge >= 0.3 is 0 Å². The van der Waals surface area contributed by atoms with Gasteiger partial charge in [0.1, 0.15) is 11.9 Å². The van der Waals surface area contributed by atoms with E-state index in [-0.39, 0.29) is 11.9 Å². The Kier molecular flexibility index (Phi) is 3.64. The van der Waals surface area contributed by atoms with Crippen molar-refractivity contribution in [1.29, 1.82) is 0 Å². The Bertz CT molecular complexity index is 448. The smallest absolute Gasteiger partial charge is 0.240 e. The molecule has 6 nitrogen and oxygen atoms in total. The molecule has 0 saturated carbocycles. The Balaban J connectivity index is 2.35. The van der Waals surface area contributed by atoms with Crippen LogP contribution in [0.15, 0.2) is 6.20 Å². The number of hydrogen-bond donors (Lipinski definition) is 2. The van der Waals surface area contributed by atoms with Gasteiger partial charge in [-0.2, -0.15) is 4.98 Å². The summed E-state index contributed by atoms with van der Waals surface area (Å²) in [5, 5.41) is 2.91. The van der Waals surface area contributed by atoms with Crippen LogP contribution in [-0.2, 0) is 4.79 Å². The monoisotopic (exact) mass is 249 g/mol. The first-order valence-electron chi connectivity index (χ1n) is 6.21. The molecule has 0 aliphatic carbocycles. The number of primary amides is 1. The normalized spacial score (nSPS) is 19.7. The molecule has 18 heavy (non-hydrogen) atoms. The zero-order valence-corrected chi connectivity index (χ0v) is 10.8. The third kappa shape index (κ3) is 2.37. The number of aromatic nitrogens is 2. The lowest BCUT2D eigenvalue weighted by Crippen LogP contribution is -2.48. The summed E-state index contributed by atoms with van der Waals surface area (Å²) in [4.78, 5) is 22.1. The van der Waals surface area contributed by atoms with Crippen LogP contribution in [-0.4, -0.2) is 35.5 Å². The van der Waals surface area contributed by atoms with Crippen LogP contribution in [0.5, 0.6) is 0 Å². The molecule has 1 aliphatic rings. The Labute approximate surface area is 107 Å². The first-order chi connectivity index (χ1) is 8.63. The van der Waals surface area contributed by atoms with Crippen LogP contribution in [0.3, 0.4) is 0 Å². The third-order valence-corrected chi connectivity index (χ3v) is 3.27. The van der Waals surface area contributed by atoms with Crippen LogP contribution in [0, 0.1) is 6.92 Å². The number of amides is 1. The average molecular weight is 249 g/mol. The first-order valence-corrected chi connectivity index (χ1v) is 6.21. The highest BCUT2D eigenvalue weighted by atomic mass is 16.1.